The molecule has 5 nitrogen and oxygen atoms in total. The third-order valence-electron chi connectivity index (χ3n) is 2.48. The van der Waals surface area contributed by atoms with Gasteiger partial charge in [0.25, 0.3) is 5.91 Å². The van der Waals surface area contributed by atoms with E-state index in [1.807, 2.05) is 6.92 Å². The van der Waals surface area contributed by atoms with E-state index < -0.39 is 5.97 Å². The molecule has 0 saturated carbocycles. The van der Waals surface area contributed by atoms with Gasteiger partial charge in [-0.15, -0.1) is 6.58 Å². The highest BCUT2D eigenvalue weighted by Crippen LogP contribution is 2.08. The Morgan fingerprint density at radius 1 is 1.56 bits per heavy atom. The number of carbonyl (C=O) groups excluding carboxylic acids is 1. The van der Waals surface area contributed by atoms with Gasteiger partial charge in [-0.05, 0) is 18.6 Å². The van der Waals surface area contributed by atoms with Crippen LogP contribution in [0.15, 0.2) is 31.0 Å². The van der Waals surface area contributed by atoms with Crippen LogP contribution < -0.4 is 0 Å². The Labute approximate surface area is 106 Å². The van der Waals surface area contributed by atoms with Gasteiger partial charge in [-0.1, -0.05) is 13.0 Å². The number of nitrogens with zero attached hydrogens (tertiary/aromatic N) is 2. The minimum atomic E-state index is -0.967. The summed E-state index contributed by atoms with van der Waals surface area (Å²) in [6, 6.07) is 3.31. The predicted octanol–water partition coefficient (Wildman–Crippen LogP) is 1.61. The molecule has 1 heterocycles. The Balaban J connectivity index is 2.90. The highest BCUT2D eigenvalue weighted by atomic mass is 16.4. The maximum Gasteiger partial charge on any atom is 0.323 e. The molecule has 98 valence electrons. The van der Waals surface area contributed by atoms with Gasteiger partial charge in [-0.25, -0.2) is 0 Å². The third kappa shape index (κ3) is 3.48. The van der Waals surface area contributed by atoms with E-state index in [4.69, 9.17) is 5.11 Å². The van der Waals surface area contributed by atoms with Crippen molar-refractivity contribution in [2.45, 2.75) is 19.9 Å². The standard InChI is InChI=1S/C13H18N2O3/c1-3-7-14(8-4-2)13(18)11-6-5-9-15(11)10-12(16)17/h3,5-6,9H,1,4,7-8,10H2,2H3,(H,16,17). The fourth-order valence-electron chi connectivity index (χ4n) is 1.76. The van der Waals surface area contributed by atoms with E-state index >= 15 is 0 Å². The van der Waals surface area contributed by atoms with Crippen molar-refractivity contribution in [1.29, 1.82) is 0 Å². The van der Waals surface area contributed by atoms with Crippen LogP contribution >= 0.6 is 0 Å². The maximum absolute atomic E-state index is 12.3. The molecule has 0 aromatic carbocycles. The summed E-state index contributed by atoms with van der Waals surface area (Å²) in [5, 5.41) is 8.77. The van der Waals surface area contributed by atoms with E-state index in [0.29, 0.717) is 18.8 Å². The summed E-state index contributed by atoms with van der Waals surface area (Å²) < 4.78 is 1.44. The first-order valence-electron chi connectivity index (χ1n) is 5.87. The monoisotopic (exact) mass is 250 g/mol. The molecule has 0 atom stereocenters. The molecule has 0 aliphatic carbocycles. The van der Waals surface area contributed by atoms with Crippen LogP contribution in [0.25, 0.3) is 0 Å². The van der Waals surface area contributed by atoms with Gasteiger partial charge in [-0.3, -0.25) is 9.59 Å². The molecular weight excluding hydrogens is 232 g/mol. The summed E-state index contributed by atoms with van der Waals surface area (Å²) in [6.45, 7) is 6.49. The average molecular weight is 250 g/mol. The molecule has 0 unspecified atom stereocenters. The number of aromatic nitrogens is 1. The van der Waals surface area contributed by atoms with Crippen molar-refractivity contribution in [3.05, 3.63) is 36.7 Å². The van der Waals surface area contributed by atoms with E-state index in [9.17, 15) is 9.59 Å². The van der Waals surface area contributed by atoms with Crippen LogP contribution in [0.5, 0.6) is 0 Å². The van der Waals surface area contributed by atoms with E-state index in [0.717, 1.165) is 6.42 Å². The molecule has 18 heavy (non-hydrogen) atoms. The van der Waals surface area contributed by atoms with Crippen molar-refractivity contribution in [2.24, 2.45) is 0 Å². The lowest BCUT2D eigenvalue weighted by molar-refractivity contribution is -0.137. The average Bonchev–Trinajstić information content (AvgIpc) is 2.75. The fraction of sp³-hybridized carbons (Fsp3) is 0.385. The van der Waals surface area contributed by atoms with Crippen molar-refractivity contribution in [1.82, 2.24) is 9.47 Å². The predicted molar refractivity (Wildman–Crippen MR) is 68.5 cm³/mol. The van der Waals surface area contributed by atoms with Crippen LogP contribution in [0.3, 0.4) is 0 Å². The van der Waals surface area contributed by atoms with Crippen molar-refractivity contribution in [2.75, 3.05) is 13.1 Å². The molecule has 0 saturated heterocycles. The first-order valence-corrected chi connectivity index (χ1v) is 5.87. The highest BCUT2D eigenvalue weighted by molar-refractivity contribution is 5.93. The van der Waals surface area contributed by atoms with Crippen molar-refractivity contribution in [3.8, 4) is 0 Å². The Morgan fingerprint density at radius 2 is 2.28 bits per heavy atom. The van der Waals surface area contributed by atoms with Crippen LogP contribution in [0.2, 0.25) is 0 Å². The van der Waals surface area contributed by atoms with E-state index in [1.165, 1.54) is 4.57 Å². The topological polar surface area (TPSA) is 62.5 Å². The van der Waals surface area contributed by atoms with Crippen LogP contribution in [0.1, 0.15) is 23.8 Å². The zero-order chi connectivity index (χ0) is 13.5. The normalized spacial score (nSPS) is 10.1. The minimum absolute atomic E-state index is 0.164. The van der Waals surface area contributed by atoms with Gasteiger partial charge < -0.3 is 14.6 Å². The molecular formula is C13H18N2O3. The van der Waals surface area contributed by atoms with E-state index in [1.54, 1.807) is 29.3 Å². The lowest BCUT2D eigenvalue weighted by Crippen LogP contribution is -2.33. The number of hydrogen-bond donors (Lipinski definition) is 1. The number of carboxylic acids is 1. The largest absolute Gasteiger partial charge is 0.480 e. The van der Waals surface area contributed by atoms with Gasteiger partial charge in [-0.2, -0.15) is 0 Å². The molecule has 0 fully saturated rings. The summed E-state index contributed by atoms with van der Waals surface area (Å²) in [5.74, 6) is -1.13. The number of carbonyl (C=O) groups is 2. The molecule has 1 aromatic heterocycles. The van der Waals surface area contributed by atoms with Gasteiger partial charge in [0.15, 0.2) is 0 Å². The SMILES string of the molecule is C=CCN(CCC)C(=O)c1cccn1CC(=O)O. The molecule has 0 aliphatic rings. The van der Waals surface area contributed by atoms with Gasteiger partial charge in [0.1, 0.15) is 12.2 Å². The summed E-state index contributed by atoms with van der Waals surface area (Å²) in [5.41, 5.74) is 0.396. The zero-order valence-electron chi connectivity index (χ0n) is 10.5. The molecule has 1 rings (SSSR count). The smallest absolute Gasteiger partial charge is 0.323 e. The first-order chi connectivity index (χ1) is 8.60. The van der Waals surface area contributed by atoms with E-state index in [-0.39, 0.29) is 12.5 Å². The van der Waals surface area contributed by atoms with Crippen LogP contribution in [-0.4, -0.2) is 39.5 Å². The summed E-state index contributed by atoms with van der Waals surface area (Å²) in [6.07, 6.45) is 4.11. The number of aliphatic carboxylic acids is 1. The quantitative estimate of drug-likeness (QED) is 0.748. The number of carboxylic acid groups (broad SMARTS) is 1. The van der Waals surface area contributed by atoms with E-state index in [2.05, 4.69) is 6.58 Å². The maximum atomic E-state index is 12.3. The summed E-state index contributed by atoms with van der Waals surface area (Å²) in [7, 11) is 0. The zero-order valence-corrected chi connectivity index (χ0v) is 10.5. The van der Waals surface area contributed by atoms with Crippen LogP contribution in [0, 0.1) is 0 Å². The van der Waals surface area contributed by atoms with Gasteiger partial charge in [0.05, 0.1) is 0 Å². The van der Waals surface area contributed by atoms with Crippen molar-refractivity contribution in [3.63, 3.8) is 0 Å². The molecule has 1 aromatic rings. The Hall–Kier alpha value is -2.04. The Kier molecular flexibility index (Phi) is 5.17. The molecule has 1 N–H and O–H groups in total. The second kappa shape index (κ2) is 6.64. The second-order valence-electron chi connectivity index (χ2n) is 3.95. The molecule has 0 aliphatic heterocycles. The fourth-order valence-corrected chi connectivity index (χ4v) is 1.76. The molecule has 5 heteroatoms. The third-order valence-corrected chi connectivity index (χ3v) is 2.48. The molecule has 0 radical (unpaired) electrons. The van der Waals surface area contributed by atoms with Crippen LogP contribution in [-0.2, 0) is 11.3 Å². The first kappa shape index (κ1) is 14.0. The lowest BCUT2D eigenvalue weighted by atomic mass is 10.3. The van der Waals surface area contributed by atoms with Gasteiger partial charge in [0.2, 0.25) is 0 Å². The Bertz CT molecular complexity index is 437. The van der Waals surface area contributed by atoms with Crippen molar-refractivity contribution >= 4 is 11.9 Å². The minimum Gasteiger partial charge on any atom is -0.480 e. The summed E-state index contributed by atoms with van der Waals surface area (Å²) in [4.78, 5) is 24.6. The number of hydrogen-bond acceptors (Lipinski definition) is 2. The number of amides is 1. The van der Waals surface area contributed by atoms with Crippen molar-refractivity contribution < 1.29 is 14.7 Å². The molecule has 0 spiro atoms. The Morgan fingerprint density at radius 3 is 2.83 bits per heavy atom. The van der Waals surface area contributed by atoms with Crippen LogP contribution in [0.4, 0.5) is 0 Å². The molecule has 0 bridgehead atoms. The number of rotatable bonds is 7. The lowest BCUT2D eigenvalue weighted by Gasteiger charge is -2.21. The second-order valence-corrected chi connectivity index (χ2v) is 3.95. The summed E-state index contributed by atoms with van der Waals surface area (Å²) >= 11 is 0. The highest BCUT2D eigenvalue weighted by Gasteiger charge is 2.18. The molecule has 1 amide bonds. The van der Waals surface area contributed by atoms with Gasteiger partial charge >= 0.3 is 5.97 Å². The van der Waals surface area contributed by atoms with Gasteiger partial charge in [0, 0.05) is 19.3 Å².